The highest BCUT2D eigenvalue weighted by molar-refractivity contribution is 6.35. The molecule has 1 N–H and O–H groups in total. The molecule has 0 saturated heterocycles. The summed E-state index contributed by atoms with van der Waals surface area (Å²) >= 11 is 12.1. The molecule has 1 aromatic rings. The van der Waals surface area contributed by atoms with Crippen molar-refractivity contribution in [3.63, 3.8) is 0 Å². The molecule has 0 spiro atoms. The lowest BCUT2D eigenvalue weighted by atomic mass is 10.1. The third-order valence-corrected chi connectivity index (χ3v) is 2.84. The third-order valence-electron chi connectivity index (χ3n) is 2.13. The Labute approximate surface area is 101 Å². The second kappa shape index (κ2) is 4.90. The smallest absolute Gasteiger partial charge is 0.0743 e. The van der Waals surface area contributed by atoms with Gasteiger partial charge in [0.15, 0.2) is 0 Å². The van der Waals surface area contributed by atoms with Gasteiger partial charge in [0.1, 0.15) is 0 Å². The minimum absolute atomic E-state index is 0.359. The molecule has 0 aromatic heterocycles. The maximum absolute atomic E-state index is 6.03. The largest absolute Gasteiger partial charge is 0.297 e. The number of rotatable bonds is 3. The molecule has 15 heavy (non-hydrogen) atoms. The van der Waals surface area contributed by atoms with Crippen LogP contribution in [0, 0.1) is 12.3 Å². The Hall–Kier alpha value is -0.680. The van der Waals surface area contributed by atoms with Gasteiger partial charge in [-0.05, 0) is 26.0 Å². The second-order valence-electron chi connectivity index (χ2n) is 3.82. The van der Waals surface area contributed by atoms with E-state index < -0.39 is 0 Å². The van der Waals surface area contributed by atoms with E-state index in [2.05, 4.69) is 11.2 Å². The van der Waals surface area contributed by atoms with Crippen LogP contribution in [-0.4, -0.2) is 5.54 Å². The van der Waals surface area contributed by atoms with Crippen LogP contribution in [0.5, 0.6) is 0 Å². The van der Waals surface area contributed by atoms with Gasteiger partial charge >= 0.3 is 0 Å². The molecule has 80 valence electrons. The Bertz CT molecular complexity index is 371. The summed E-state index contributed by atoms with van der Waals surface area (Å²) < 4.78 is 0. The number of hydrogen-bond donors (Lipinski definition) is 1. The highest BCUT2D eigenvalue weighted by Gasteiger charge is 2.14. The summed E-state index contributed by atoms with van der Waals surface area (Å²) in [7, 11) is 0. The van der Waals surface area contributed by atoms with Crippen molar-refractivity contribution in [2.75, 3.05) is 0 Å². The Balaban J connectivity index is 2.79. The van der Waals surface area contributed by atoms with Crippen molar-refractivity contribution in [1.29, 1.82) is 0 Å². The Morgan fingerprint density at radius 1 is 1.33 bits per heavy atom. The predicted molar refractivity (Wildman–Crippen MR) is 66.2 cm³/mol. The van der Waals surface area contributed by atoms with Crippen molar-refractivity contribution < 1.29 is 0 Å². The highest BCUT2D eigenvalue weighted by atomic mass is 35.5. The van der Waals surface area contributed by atoms with Crippen molar-refractivity contribution in [3.8, 4) is 12.3 Å². The number of hydrogen-bond acceptors (Lipinski definition) is 1. The molecule has 1 nitrogen and oxygen atoms in total. The topological polar surface area (TPSA) is 12.0 Å². The summed E-state index contributed by atoms with van der Waals surface area (Å²) in [6.45, 7) is 4.42. The normalized spacial score (nSPS) is 11.1. The van der Waals surface area contributed by atoms with Crippen LogP contribution in [-0.2, 0) is 6.54 Å². The van der Waals surface area contributed by atoms with Crippen LogP contribution in [0.15, 0.2) is 18.2 Å². The average molecular weight is 242 g/mol. The van der Waals surface area contributed by atoms with Crippen LogP contribution in [0.4, 0.5) is 0 Å². The highest BCUT2D eigenvalue weighted by Crippen LogP contribution is 2.24. The molecular formula is C12H13Cl2N. The van der Waals surface area contributed by atoms with Gasteiger partial charge in [-0.15, -0.1) is 6.42 Å². The first-order valence-corrected chi connectivity index (χ1v) is 5.37. The average Bonchev–Trinajstić information content (AvgIpc) is 2.17. The molecule has 0 amide bonds. The number of nitrogens with one attached hydrogen (secondary N) is 1. The summed E-state index contributed by atoms with van der Waals surface area (Å²) in [5, 5.41) is 4.51. The Kier molecular flexibility index (Phi) is 4.04. The van der Waals surface area contributed by atoms with Gasteiger partial charge in [-0.1, -0.05) is 35.2 Å². The van der Waals surface area contributed by atoms with Gasteiger partial charge in [-0.2, -0.15) is 0 Å². The molecule has 0 atom stereocenters. The van der Waals surface area contributed by atoms with Crippen LogP contribution in [0.25, 0.3) is 0 Å². The minimum Gasteiger partial charge on any atom is -0.297 e. The summed E-state index contributed by atoms with van der Waals surface area (Å²) in [6, 6.07) is 5.45. The van der Waals surface area contributed by atoms with E-state index in [0.29, 0.717) is 16.6 Å². The van der Waals surface area contributed by atoms with Crippen LogP contribution in [0.2, 0.25) is 10.0 Å². The van der Waals surface area contributed by atoms with E-state index in [-0.39, 0.29) is 5.54 Å². The number of terminal acetylenes is 1. The molecule has 1 aromatic carbocycles. The first-order chi connectivity index (χ1) is 6.96. The van der Waals surface area contributed by atoms with Gasteiger partial charge in [-0.25, -0.2) is 0 Å². The summed E-state index contributed by atoms with van der Waals surface area (Å²) in [5.41, 5.74) is 0.520. The monoisotopic (exact) mass is 241 g/mol. The fourth-order valence-electron chi connectivity index (χ4n) is 1.06. The van der Waals surface area contributed by atoms with E-state index in [1.165, 1.54) is 0 Å². The molecule has 0 aliphatic rings. The summed E-state index contributed by atoms with van der Waals surface area (Å²) in [4.78, 5) is 0. The standard InChI is InChI=1S/C12H13Cl2N/c1-4-12(2,3)15-8-9-10(13)6-5-7-11(9)14/h1,5-7,15H,8H2,2-3H3. The van der Waals surface area contributed by atoms with Crippen LogP contribution in [0.3, 0.4) is 0 Å². The third kappa shape index (κ3) is 3.43. The molecule has 3 heteroatoms. The van der Waals surface area contributed by atoms with E-state index in [9.17, 15) is 0 Å². The van der Waals surface area contributed by atoms with Crippen LogP contribution in [0.1, 0.15) is 19.4 Å². The molecule has 0 heterocycles. The fraction of sp³-hybridized carbons (Fsp3) is 0.333. The van der Waals surface area contributed by atoms with Crippen molar-refractivity contribution in [2.45, 2.75) is 25.9 Å². The fourth-order valence-corrected chi connectivity index (χ4v) is 1.59. The molecule has 0 bridgehead atoms. The Morgan fingerprint density at radius 3 is 2.33 bits per heavy atom. The summed E-state index contributed by atoms with van der Waals surface area (Å²) in [6.07, 6.45) is 5.37. The number of benzene rings is 1. The van der Waals surface area contributed by atoms with Crippen molar-refractivity contribution in [1.82, 2.24) is 5.32 Å². The molecule has 0 aliphatic heterocycles. The molecule has 1 rings (SSSR count). The SMILES string of the molecule is C#CC(C)(C)NCc1c(Cl)cccc1Cl. The van der Waals surface area contributed by atoms with Gasteiger partial charge in [-0.3, -0.25) is 5.32 Å². The maximum atomic E-state index is 6.03. The van der Waals surface area contributed by atoms with E-state index >= 15 is 0 Å². The van der Waals surface area contributed by atoms with E-state index in [0.717, 1.165) is 5.56 Å². The van der Waals surface area contributed by atoms with E-state index in [1.54, 1.807) is 0 Å². The van der Waals surface area contributed by atoms with Crippen LogP contribution >= 0.6 is 23.2 Å². The lowest BCUT2D eigenvalue weighted by molar-refractivity contribution is 0.491. The lowest BCUT2D eigenvalue weighted by Crippen LogP contribution is -2.37. The quantitative estimate of drug-likeness (QED) is 0.800. The molecule has 0 radical (unpaired) electrons. The predicted octanol–water partition coefficient (Wildman–Crippen LogP) is 3.49. The van der Waals surface area contributed by atoms with Gasteiger partial charge in [0.2, 0.25) is 0 Å². The van der Waals surface area contributed by atoms with Crippen molar-refractivity contribution in [3.05, 3.63) is 33.8 Å². The molecular weight excluding hydrogens is 229 g/mol. The first-order valence-electron chi connectivity index (χ1n) is 4.62. The minimum atomic E-state index is -0.359. The summed E-state index contributed by atoms with van der Waals surface area (Å²) in [5.74, 6) is 2.65. The zero-order chi connectivity index (χ0) is 11.5. The van der Waals surface area contributed by atoms with E-state index in [1.807, 2.05) is 32.0 Å². The molecule has 0 aliphatic carbocycles. The van der Waals surface area contributed by atoms with Gasteiger partial charge in [0.05, 0.1) is 5.54 Å². The van der Waals surface area contributed by atoms with Crippen LogP contribution < -0.4 is 5.32 Å². The first kappa shape index (κ1) is 12.4. The number of halogens is 2. The Morgan fingerprint density at radius 2 is 1.87 bits per heavy atom. The van der Waals surface area contributed by atoms with Gasteiger partial charge in [0, 0.05) is 22.2 Å². The molecule has 0 unspecified atom stereocenters. The molecule has 0 saturated carbocycles. The van der Waals surface area contributed by atoms with Gasteiger partial charge < -0.3 is 0 Å². The van der Waals surface area contributed by atoms with E-state index in [4.69, 9.17) is 29.6 Å². The molecule has 0 fully saturated rings. The zero-order valence-corrected chi connectivity index (χ0v) is 10.3. The second-order valence-corrected chi connectivity index (χ2v) is 4.64. The maximum Gasteiger partial charge on any atom is 0.0743 e. The van der Waals surface area contributed by atoms with Crippen molar-refractivity contribution in [2.24, 2.45) is 0 Å². The zero-order valence-electron chi connectivity index (χ0n) is 8.77. The lowest BCUT2D eigenvalue weighted by Gasteiger charge is -2.20. The van der Waals surface area contributed by atoms with Crippen molar-refractivity contribution >= 4 is 23.2 Å². The van der Waals surface area contributed by atoms with Gasteiger partial charge in [0.25, 0.3) is 0 Å².